The number of nitrogens with one attached hydrogen (secondary N) is 2. The topological polar surface area (TPSA) is 61.4 Å². The summed E-state index contributed by atoms with van der Waals surface area (Å²) in [5.74, 6) is 0.507. The predicted molar refractivity (Wildman–Crippen MR) is 99.8 cm³/mol. The Bertz CT molecular complexity index is 663. The monoisotopic (exact) mass is 341 g/mol. The number of hydrogen-bond donors (Lipinski definition) is 2. The lowest BCUT2D eigenvalue weighted by molar-refractivity contribution is 0.0794. The molecule has 0 bridgehead atoms. The van der Waals surface area contributed by atoms with Gasteiger partial charge in [0, 0.05) is 19.6 Å². The number of aryl methyl sites for hydroxylation is 1. The molecule has 25 heavy (non-hydrogen) atoms. The number of anilines is 1. The summed E-state index contributed by atoms with van der Waals surface area (Å²) in [6.07, 6.45) is 9.69. The Morgan fingerprint density at radius 2 is 2.00 bits per heavy atom. The molecule has 1 aliphatic carbocycles. The van der Waals surface area contributed by atoms with Gasteiger partial charge >= 0.3 is 6.03 Å². The number of likely N-dealkylation sites (tertiary alicyclic amines) is 1. The number of nitrogens with zero attached hydrogens (tertiary/aromatic N) is 1. The molecule has 1 atom stereocenters. The average molecular weight is 341 g/mol. The number of amides is 3. The van der Waals surface area contributed by atoms with Gasteiger partial charge in [0.25, 0.3) is 5.91 Å². The van der Waals surface area contributed by atoms with Gasteiger partial charge in [0.05, 0.1) is 11.3 Å². The molecule has 1 fully saturated rings. The number of benzene rings is 1. The summed E-state index contributed by atoms with van der Waals surface area (Å²) in [7, 11) is 0. The van der Waals surface area contributed by atoms with Crippen LogP contribution in [0.3, 0.4) is 0 Å². The van der Waals surface area contributed by atoms with E-state index in [1.54, 1.807) is 6.07 Å². The van der Waals surface area contributed by atoms with Crippen LogP contribution in [0.2, 0.25) is 0 Å². The van der Waals surface area contributed by atoms with Crippen LogP contribution < -0.4 is 10.6 Å². The van der Waals surface area contributed by atoms with Crippen LogP contribution in [-0.2, 0) is 0 Å². The summed E-state index contributed by atoms with van der Waals surface area (Å²) in [4.78, 5) is 27.0. The number of urea groups is 1. The van der Waals surface area contributed by atoms with Crippen molar-refractivity contribution in [1.82, 2.24) is 10.2 Å². The van der Waals surface area contributed by atoms with Crippen molar-refractivity contribution in [2.24, 2.45) is 5.92 Å². The molecule has 2 aliphatic rings. The van der Waals surface area contributed by atoms with Gasteiger partial charge < -0.3 is 15.5 Å². The van der Waals surface area contributed by atoms with Crippen molar-refractivity contribution in [3.63, 3.8) is 0 Å². The quantitative estimate of drug-likeness (QED) is 0.820. The molecule has 1 saturated heterocycles. The van der Waals surface area contributed by atoms with Gasteiger partial charge in [-0.25, -0.2) is 4.79 Å². The first-order valence-corrected chi connectivity index (χ1v) is 9.24. The van der Waals surface area contributed by atoms with Crippen molar-refractivity contribution in [2.75, 3.05) is 25.0 Å². The molecular formula is C20H27N3O2. The van der Waals surface area contributed by atoms with E-state index in [1.807, 2.05) is 24.0 Å². The highest BCUT2D eigenvalue weighted by Gasteiger charge is 2.23. The fourth-order valence-corrected chi connectivity index (χ4v) is 3.54. The summed E-state index contributed by atoms with van der Waals surface area (Å²) in [6.45, 7) is 4.18. The Hall–Kier alpha value is -2.30. The molecule has 0 spiro atoms. The highest BCUT2D eigenvalue weighted by molar-refractivity contribution is 6.04. The highest BCUT2D eigenvalue weighted by Crippen LogP contribution is 2.24. The normalized spacial score (nSPS) is 19.7. The van der Waals surface area contributed by atoms with Crippen LogP contribution >= 0.6 is 0 Å². The van der Waals surface area contributed by atoms with Crippen LogP contribution in [0, 0.1) is 12.8 Å². The molecule has 1 aromatic carbocycles. The molecule has 1 heterocycles. The standard InChI is InChI=1S/C20H27N3O2/c1-15-8-7-11-17(19(24)23-12-5-6-13-23)18(15)22-20(25)21-14-16-9-3-2-4-10-16/h2-3,7-8,11,16H,4-6,9-10,12-14H2,1H3,(H2,21,22,25)/t16-/m0/s1. The lowest BCUT2D eigenvalue weighted by Crippen LogP contribution is -2.35. The van der Waals surface area contributed by atoms with Crippen molar-refractivity contribution in [3.05, 3.63) is 41.5 Å². The van der Waals surface area contributed by atoms with Gasteiger partial charge in [-0.1, -0.05) is 24.3 Å². The Morgan fingerprint density at radius 3 is 2.72 bits per heavy atom. The predicted octanol–water partition coefficient (Wildman–Crippen LogP) is 3.71. The van der Waals surface area contributed by atoms with Crippen LogP contribution in [0.1, 0.15) is 48.0 Å². The van der Waals surface area contributed by atoms with Gasteiger partial charge in [0.1, 0.15) is 0 Å². The highest BCUT2D eigenvalue weighted by atomic mass is 16.2. The molecule has 134 valence electrons. The molecule has 0 radical (unpaired) electrons. The van der Waals surface area contributed by atoms with E-state index in [2.05, 4.69) is 22.8 Å². The minimum Gasteiger partial charge on any atom is -0.339 e. The number of allylic oxidation sites excluding steroid dienone is 2. The number of rotatable bonds is 4. The van der Waals surface area contributed by atoms with E-state index < -0.39 is 0 Å². The first-order chi connectivity index (χ1) is 12.1. The van der Waals surface area contributed by atoms with Crippen molar-refractivity contribution in [1.29, 1.82) is 0 Å². The van der Waals surface area contributed by atoms with E-state index in [1.165, 1.54) is 0 Å². The van der Waals surface area contributed by atoms with Crippen LogP contribution in [0.15, 0.2) is 30.4 Å². The molecule has 3 rings (SSSR count). The van der Waals surface area contributed by atoms with Crippen LogP contribution in [0.25, 0.3) is 0 Å². The first-order valence-electron chi connectivity index (χ1n) is 9.24. The van der Waals surface area contributed by atoms with Crippen molar-refractivity contribution in [2.45, 2.75) is 39.0 Å². The molecule has 5 nitrogen and oxygen atoms in total. The van der Waals surface area contributed by atoms with E-state index in [9.17, 15) is 9.59 Å². The van der Waals surface area contributed by atoms with Gasteiger partial charge in [-0.3, -0.25) is 4.79 Å². The third kappa shape index (κ3) is 4.41. The zero-order chi connectivity index (χ0) is 17.6. The molecule has 1 aromatic rings. The molecule has 5 heteroatoms. The van der Waals surface area contributed by atoms with Gasteiger partial charge in [0.2, 0.25) is 0 Å². The fourth-order valence-electron chi connectivity index (χ4n) is 3.54. The third-order valence-electron chi connectivity index (χ3n) is 5.06. The van der Waals surface area contributed by atoms with E-state index >= 15 is 0 Å². The smallest absolute Gasteiger partial charge is 0.319 e. The number of carbonyl (C=O) groups is 2. The number of hydrogen-bond acceptors (Lipinski definition) is 2. The van der Waals surface area contributed by atoms with Crippen molar-refractivity contribution < 1.29 is 9.59 Å². The van der Waals surface area contributed by atoms with Crippen LogP contribution in [-0.4, -0.2) is 36.5 Å². The van der Waals surface area contributed by atoms with Gasteiger partial charge in [-0.2, -0.15) is 0 Å². The number of carbonyl (C=O) groups excluding carboxylic acids is 2. The van der Waals surface area contributed by atoms with E-state index in [0.29, 0.717) is 23.7 Å². The van der Waals surface area contributed by atoms with Gasteiger partial charge in [0.15, 0.2) is 0 Å². The largest absolute Gasteiger partial charge is 0.339 e. The molecule has 3 amide bonds. The molecule has 0 saturated carbocycles. The summed E-state index contributed by atoms with van der Waals surface area (Å²) in [6, 6.07) is 5.35. The Kier molecular flexibility index (Phi) is 5.74. The molecule has 0 aromatic heterocycles. The Labute approximate surface area is 149 Å². The lowest BCUT2D eigenvalue weighted by atomic mass is 9.94. The number of para-hydroxylation sites is 1. The molecule has 2 N–H and O–H groups in total. The fraction of sp³-hybridized carbons (Fsp3) is 0.500. The van der Waals surface area contributed by atoms with Crippen LogP contribution in [0.4, 0.5) is 10.5 Å². The molecule has 0 unspecified atom stereocenters. The summed E-state index contributed by atoms with van der Waals surface area (Å²) < 4.78 is 0. The Morgan fingerprint density at radius 1 is 1.20 bits per heavy atom. The maximum absolute atomic E-state index is 12.8. The second-order valence-electron chi connectivity index (χ2n) is 6.98. The van der Waals surface area contributed by atoms with Crippen molar-refractivity contribution >= 4 is 17.6 Å². The SMILES string of the molecule is Cc1cccc(C(=O)N2CCCC2)c1NC(=O)NC[C@H]1CC=CCC1. The first kappa shape index (κ1) is 17.5. The minimum atomic E-state index is -0.237. The van der Waals surface area contributed by atoms with E-state index in [-0.39, 0.29) is 11.9 Å². The third-order valence-corrected chi connectivity index (χ3v) is 5.06. The zero-order valence-corrected chi connectivity index (χ0v) is 14.9. The maximum atomic E-state index is 12.8. The summed E-state index contributed by atoms with van der Waals surface area (Å²) in [5, 5.41) is 5.86. The summed E-state index contributed by atoms with van der Waals surface area (Å²) >= 11 is 0. The van der Waals surface area contributed by atoms with Crippen molar-refractivity contribution in [3.8, 4) is 0 Å². The van der Waals surface area contributed by atoms with Gasteiger partial charge in [-0.15, -0.1) is 0 Å². The second-order valence-corrected chi connectivity index (χ2v) is 6.98. The Balaban J connectivity index is 1.65. The minimum absolute atomic E-state index is 0.00826. The van der Waals surface area contributed by atoms with Crippen LogP contribution in [0.5, 0.6) is 0 Å². The lowest BCUT2D eigenvalue weighted by Gasteiger charge is -2.21. The summed E-state index contributed by atoms with van der Waals surface area (Å²) in [5.41, 5.74) is 2.11. The van der Waals surface area contributed by atoms with Gasteiger partial charge in [-0.05, 0) is 56.6 Å². The van der Waals surface area contributed by atoms with E-state index in [0.717, 1.165) is 50.8 Å². The van der Waals surface area contributed by atoms with E-state index in [4.69, 9.17) is 0 Å². The second kappa shape index (κ2) is 8.19. The molecular weight excluding hydrogens is 314 g/mol. The zero-order valence-electron chi connectivity index (χ0n) is 14.9. The maximum Gasteiger partial charge on any atom is 0.319 e. The molecule has 1 aliphatic heterocycles. The average Bonchev–Trinajstić information content (AvgIpc) is 3.17.